The minimum Gasteiger partial charge on any atom is -0.361 e. The topological polar surface area (TPSA) is 3.24 Å². The Morgan fingerprint density at radius 3 is 2.69 bits per heavy atom. The number of hydrogen-bond acceptors (Lipinski definition) is 1. The molecule has 68 valence electrons. The Labute approximate surface area is 77.5 Å². The van der Waals surface area contributed by atoms with Crippen LogP contribution in [0.5, 0.6) is 0 Å². The molecule has 2 heteroatoms. The SMILES string of the molecule is CC1=CCN(c2ccccc2F)C1. The summed E-state index contributed by atoms with van der Waals surface area (Å²) in [5, 5.41) is 0. The van der Waals surface area contributed by atoms with Gasteiger partial charge in [0.25, 0.3) is 0 Å². The van der Waals surface area contributed by atoms with Gasteiger partial charge in [-0.2, -0.15) is 0 Å². The van der Waals surface area contributed by atoms with E-state index >= 15 is 0 Å². The summed E-state index contributed by atoms with van der Waals surface area (Å²) >= 11 is 0. The molecule has 1 aromatic carbocycles. The zero-order valence-corrected chi connectivity index (χ0v) is 7.63. The molecule has 0 bridgehead atoms. The van der Waals surface area contributed by atoms with E-state index in [2.05, 4.69) is 13.0 Å². The zero-order valence-electron chi connectivity index (χ0n) is 7.63. The Kier molecular flexibility index (Phi) is 2.05. The maximum Gasteiger partial charge on any atom is 0.146 e. The van der Waals surface area contributed by atoms with Crippen molar-refractivity contribution in [2.75, 3.05) is 18.0 Å². The predicted octanol–water partition coefficient (Wildman–Crippen LogP) is 2.59. The first kappa shape index (κ1) is 8.30. The molecule has 0 unspecified atom stereocenters. The summed E-state index contributed by atoms with van der Waals surface area (Å²) in [5.74, 6) is -0.134. The molecular weight excluding hydrogens is 165 g/mol. The summed E-state index contributed by atoms with van der Waals surface area (Å²) in [7, 11) is 0. The van der Waals surface area contributed by atoms with Crippen LogP contribution in [0.1, 0.15) is 6.92 Å². The Balaban J connectivity index is 2.23. The lowest BCUT2D eigenvalue weighted by Crippen LogP contribution is -2.20. The predicted molar refractivity (Wildman–Crippen MR) is 52.4 cm³/mol. The molecule has 0 atom stereocenters. The van der Waals surface area contributed by atoms with Crippen LogP contribution < -0.4 is 4.90 Å². The first-order valence-corrected chi connectivity index (χ1v) is 4.42. The summed E-state index contributed by atoms with van der Waals surface area (Å²) in [5.41, 5.74) is 2.01. The minimum absolute atomic E-state index is 0.134. The van der Waals surface area contributed by atoms with Crippen LogP contribution in [0.3, 0.4) is 0 Å². The van der Waals surface area contributed by atoms with Gasteiger partial charge in [-0.15, -0.1) is 0 Å². The standard InChI is InChI=1S/C11H12FN/c1-9-6-7-13(8-9)11-5-3-2-4-10(11)12/h2-6H,7-8H2,1H3. The molecule has 1 nitrogen and oxygen atoms in total. The van der Waals surface area contributed by atoms with Gasteiger partial charge in [-0.05, 0) is 19.1 Å². The van der Waals surface area contributed by atoms with Crippen molar-refractivity contribution < 1.29 is 4.39 Å². The van der Waals surface area contributed by atoms with E-state index < -0.39 is 0 Å². The van der Waals surface area contributed by atoms with Crippen molar-refractivity contribution in [1.82, 2.24) is 0 Å². The van der Waals surface area contributed by atoms with Crippen LogP contribution in [0.15, 0.2) is 35.9 Å². The number of hydrogen-bond donors (Lipinski definition) is 0. The fourth-order valence-electron chi connectivity index (χ4n) is 1.59. The quantitative estimate of drug-likeness (QED) is 0.596. The number of anilines is 1. The molecule has 0 amide bonds. The fourth-order valence-corrected chi connectivity index (χ4v) is 1.59. The van der Waals surface area contributed by atoms with E-state index in [0.29, 0.717) is 5.69 Å². The van der Waals surface area contributed by atoms with Gasteiger partial charge in [-0.1, -0.05) is 23.8 Å². The highest BCUT2D eigenvalue weighted by Gasteiger charge is 2.14. The van der Waals surface area contributed by atoms with Crippen molar-refractivity contribution in [3.8, 4) is 0 Å². The molecule has 0 aliphatic carbocycles. The number of nitrogens with zero attached hydrogens (tertiary/aromatic N) is 1. The molecule has 2 rings (SSSR count). The Morgan fingerprint density at radius 2 is 2.08 bits per heavy atom. The van der Waals surface area contributed by atoms with Gasteiger partial charge in [-0.3, -0.25) is 0 Å². The van der Waals surface area contributed by atoms with Crippen molar-refractivity contribution >= 4 is 5.69 Å². The fraction of sp³-hybridized carbons (Fsp3) is 0.273. The van der Waals surface area contributed by atoms with Crippen molar-refractivity contribution in [1.29, 1.82) is 0 Å². The highest BCUT2D eigenvalue weighted by molar-refractivity contribution is 5.51. The Morgan fingerprint density at radius 1 is 1.31 bits per heavy atom. The molecule has 0 N–H and O–H groups in total. The summed E-state index contributed by atoms with van der Waals surface area (Å²) in [6, 6.07) is 6.91. The van der Waals surface area contributed by atoms with E-state index in [1.807, 2.05) is 17.0 Å². The molecule has 0 saturated heterocycles. The smallest absolute Gasteiger partial charge is 0.146 e. The maximum absolute atomic E-state index is 13.3. The molecule has 0 aromatic heterocycles. The van der Waals surface area contributed by atoms with Crippen LogP contribution in [0.25, 0.3) is 0 Å². The highest BCUT2D eigenvalue weighted by Crippen LogP contribution is 2.22. The summed E-state index contributed by atoms with van der Waals surface area (Å²) < 4.78 is 13.3. The molecular formula is C11H12FN. The first-order chi connectivity index (χ1) is 6.27. The molecule has 1 heterocycles. The van der Waals surface area contributed by atoms with Crippen LogP contribution in [-0.2, 0) is 0 Å². The van der Waals surface area contributed by atoms with Crippen molar-refractivity contribution in [2.45, 2.75) is 6.92 Å². The summed E-state index contributed by atoms with van der Waals surface area (Å²) in [6.07, 6.45) is 2.13. The molecule has 0 spiro atoms. The summed E-state index contributed by atoms with van der Waals surface area (Å²) in [6.45, 7) is 3.74. The maximum atomic E-state index is 13.3. The number of benzene rings is 1. The van der Waals surface area contributed by atoms with E-state index in [1.54, 1.807) is 6.07 Å². The third-order valence-electron chi connectivity index (χ3n) is 2.29. The normalized spacial score (nSPS) is 16.2. The monoisotopic (exact) mass is 177 g/mol. The number of halogens is 1. The van der Waals surface area contributed by atoms with E-state index in [-0.39, 0.29) is 5.82 Å². The molecule has 13 heavy (non-hydrogen) atoms. The zero-order chi connectivity index (χ0) is 9.26. The molecule has 0 radical (unpaired) electrons. The van der Waals surface area contributed by atoms with Gasteiger partial charge < -0.3 is 4.90 Å². The van der Waals surface area contributed by atoms with Gasteiger partial charge in [0.2, 0.25) is 0 Å². The molecule has 1 aromatic rings. The number of para-hydroxylation sites is 1. The molecule has 0 fully saturated rings. The van der Waals surface area contributed by atoms with Gasteiger partial charge in [0.05, 0.1) is 5.69 Å². The molecule has 1 aliphatic heterocycles. The third-order valence-corrected chi connectivity index (χ3v) is 2.29. The van der Waals surface area contributed by atoms with Crippen LogP contribution in [0, 0.1) is 5.82 Å². The van der Waals surface area contributed by atoms with Crippen molar-refractivity contribution in [3.63, 3.8) is 0 Å². The second-order valence-electron chi connectivity index (χ2n) is 3.38. The van der Waals surface area contributed by atoms with Gasteiger partial charge in [0.15, 0.2) is 0 Å². The first-order valence-electron chi connectivity index (χ1n) is 4.42. The van der Waals surface area contributed by atoms with Gasteiger partial charge in [-0.25, -0.2) is 4.39 Å². The average molecular weight is 177 g/mol. The number of rotatable bonds is 1. The van der Waals surface area contributed by atoms with E-state index in [4.69, 9.17) is 0 Å². The molecule has 1 aliphatic rings. The Hall–Kier alpha value is -1.31. The Bertz CT molecular complexity index is 344. The van der Waals surface area contributed by atoms with Gasteiger partial charge >= 0.3 is 0 Å². The van der Waals surface area contributed by atoms with Crippen molar-refractivity contribution in [3.05, 3.63) is 41.7 Å². The van der Waals surface area contributed by atoms with Crippen LogP contribution >= 0.6 is 0 Å². The van der Waals surface area contributed by atoms with E-state index in [0.717, 1.165) is 13.1 Å². The lowest BCUT2D eigenvalue weighted by Gasteiger charge is -2.18. The average Bonchev–Trinajstić information content (AvgIpc) is 2.53. The van der Waals surface area contributed by atoms with Crippen LogP contribution in [-0.4, -0.2) is 13.1 Å². The van der Waals surface area contributed by atoms with Crippen molar-refractivity contribution in [2.24, 2.45) is 0 Å². The lowest BCUT2D eigenvalue weighted by molar-refractivity contribution is 0.623. The largest absolute Gasteiger partial charge is 0.361 e. The van der Waals surface area contributed by atoms with E-state index in [1.165, 1.54) is 11.6 Å². The summed E-state index contributed by atoms with van der Waals surface area (Å²) in [4.78, 5) is 2.03. The minimum atomic E-state index is -0.134. The lowest BCUT2D eigenvalue weighted by atomic mass is 10.3. The third kappa shape index (κ3) is 1.57. The van der Waals surface area contributed by atoms with Crippen LogP contribution in [0.2, 0.25) is 0 Å². The highest BCUT2D eigenvalue weighted by atomic mass is 19.1. The van der Waals surface area contributed by atoms with Gasteiger partial charge in [0, 0.05) is 13.1 Å². The van der Waals surface area contributed by atoms with Gasteiger partial charge in [0.1, 0.15) is 5.82 Å². The molecule has 0 saturated carbocycles. The second kappa shape index (κ2) is 3.21. The van der Waals surface area contributed by atoms with E-state index in [9.17, 15) is 4.39 Å². The van der Waals surface area contributed by atoms with Crippen LogP contribution in [0.4, 0.5) is 10.1 Å². The second-order valence-corrected chi connectivity index (χ2v) is 3.38.